The Bertz CT molecular complexity index is 1220. The van der Waals surface area contributed by atoms with E-state index in [1.54, 1.807) is 42.5 Å². The van der Waals surface area contributed by atoms with Crippen molar-refractivity contribution >= 4 is 39.4 Å². The van der Waals surface area contributed by atoms with E-state index in [1.165, 1.54) is 18.3 Å². The van der Waals surface area contributed by atoms with Crippen molar-refractivity contribution in [2.45, 2.75) is 24.7 Å². The van der Waals surface area contributed by atoms with Crippen LogP contribution in [0.2, 0.25) is 5.02 Å². The largest absolute Gasteiger partial charge is 0.493 e. The van der Waals surface area contributed by atoms with Crippen molar-refractivity contribution in [1.29, 1.82) is 0 Å². The summed E-state index contributed by atoms with van der Waals surface area (Å²) in [6, 6.07) is 21.5. The van der Waals surface area contributed by atoms with E-state index >= 15 is 0 Å². The molecule has 0 radical (unpaired) electrons. The molecule has 3 rings (SSSR count). The maximum atomic E-state index is 13.3. The number of carbonyl (C=O) groups excluding carboxylic acids is 1. The molecule has 0 bridgehead atoms. The number of anilines is 1. The van der Waals surface area contributed by atoms with Crippen molar-refractivity contribution in [1.82, 2.24) is 5.43 Å². The van der Waals surface area contributed by atoms with Gasteiger partial charge in [0.2, 0.25) is 0 Å². The molecule has 3 aromatic carbocycles. The highest BCUT2D eigenvalue weighted by molar-refractivity contribution is 7.92. The molecule has 1 amide bonds. The molecule has 0 unspecified atom stereocenters. The van der Waals surface area contributed by atoms with Gasteiger partial charge in [0.15, 0.2) is 0 Å². The van der Waals surface area contributed by atoms with Crippen molar-refractivity contribution in [3.05, 3.63) is 89.4 Å². The number of hydrogen-bond donors (Lipinski definition) is 1. The van der Waals surface area contributed by atoms with E-state index in [1.807, 2.05) is 24.3 Å². The minimum absolute atomic E-state index is 0.0689. The zero-order valence-corrected chi connectivity index (χ0v) is 20.3. The third kappa shape index (κ3) is 6.82. The lowest BCUT2D eigenvalue weighted by Gasteiger charge is -2.23. The zero-order chi connectivity index (χ0) is 24.4. The number of hydrogen-bond acceptors (Lipinski definition) is 5. The number of halogens is 1. The molecule has 0 fully saturated rings. The van der Waals surface area contributed by atoms with Crippen LogP contribution in [0.5, 0.6) is 5.75 Å². The topological polar surface area (TPSA) is 88.1 Å². The summed E-state index contributed by atoms with van der Waals surface area (Å²) in [6.07, 6.45) is 3.42. The molecule has 0 aliphatic heterocycles. The third-order valence-electron chi connectivity index (χ3n) is 4.80. The number of rotatable bonds is 11. The van der Waals surface area contributed by atoms with Crippen LogP contribution in [0.1, 0.15) is 25.3 Å². The molecule has 0 spiro atoms. The summed E-state index contributed by atoms with van der Waals surface area (Å²) in [5.74, 6) is 0.0542. The monoisotopic (exact) mass is 499 g/mol. The van der Waals surface area contributed by atoms with E-state index in [0.29, 0.717) is 28.6 Å². The van der Waals surface area contributed by atoms with E-state index in [2.05, 4.69) is 17.5 Å². The first kappa shape index (κ1) is 25.3. The van der Waals surface area contributed by atoms with Crippen molar-refractivity contribution < 1.29 is 17.9 Å². The van der Waals surface area contributed by atoms with Gasteiger partial charge in [-0.1, -0.05) is 55.3 Å². The fourth-order valence-corrected chi connectivity index (χ4v) is 4.59. The average molecular weight is 500 g/mol. The highest BCUT2D eigenvalue weighted by atomic mass is 35.5. The third-order valence-corrected chi connectivity index (χ3v) is 6.84. The summed E-state index contributed by atoms with van der Waals surface area (Å²) in [7, 11) is -4.00. The quantitative estimate of drug-likeness (QED) is 0.232. The Morgan fingerprint density at radius 2 is 1.71 bits per heavy atom. The van der Waals surface area contributed by atoms with Gasteiger partial charge in [-0.15, -0.1) is 0 Å². The number of para-hydroxylation sites is 1. The van der Waals surface area contributed by atoms with Gasteiger partial charge in [-0.3, -0.25) is 9.10 Å². The van der Waals surface area contributed by atoms with Crippen LogP contribution in [0.15, 0.2) is 88.9 Å². The molecule has 0 aliphatic rings. The van der Waals surface area contributed by atoms with Gasteiger partial charge in [0.05, 0.1) is 23.4 Å². The molecular weight excluding hydrogens is 474 g/mol. The highest BCUT2D eigenvalue weighted by Crippen LogP contribution is 2.25. The molecule has 34 heavy (non-hydrogen) atoms. The van der Waals surface area contributed by atoms with Gasteiger partial charge >= 0.3 is 0 Å². The van der Waals surface area contributed by atoms with Crippen LogP contribution < -0.4 is 14.5 Å². The van der Waals surface area contributed by atoms with Crippen LogP contribution in [-0.4, -0.2) is 33.7 Å². The molecule has 0 atom stereocenters. The number of ether oxygens (including phenoxy) is 1. The summed E-state index contributed by atoms with van der Waals surface area (Å²) in [6.45, 7) is 2.20. The van der Waals surface area contributed by atoms with Gasteiger partial charge in [-0.25, -0.2) is 13.8 Å². The fourth-order valence-electron chi connectivity index (χ4n) is 3.03. The Balaban J connectivity index is 1.76. The van der Waals surface area contributed by atoms with Crippen LogP contribution in [0.3, 0.4) is 0 Å². The van der Waals surface area contributed by atoms with E-state index in [-0.39, 0.29) is 4.90 Å². The van der Waals surface area contributed by atoms with Crippen LogP contribution >= 0.6 is 11.6 Å². The van der Waals surface area contributed by atoms with Gasteiger partial charge < -0.3 is 4.74 Å². The minimum Gasteiger partial charge on any atom is -0.493 e. The summed E-state index contributed by atoms with van der Waals surface area (Å²) in [5, 5.41) is 4.45. The lowest BCUT2D eigenvalue weighted by atomic mass is 10.2. The average Bonchev–Trinajstić information content (AvgIpc) is 2.85. The van der Waals surface area contributed by atoms with Gasteiger partial charge in [0, 0.05) is 10.6 Å². The van der Waals surface area contributed by atoms with Gasteiger partial charge in [-0.2, -0.15) is 5.10 Å². The lowest BCUT2D eigenvalue weighted by molar-refractivity contribution is -0.119. The predicted molar refractivity (Wildman–Crippen MR) is 135 cm³/mol. The van der Waals surface area contributed by atoms with Crippen LogP contribution in [0, 0.1) is 0 Å². The lowest BCUT2D eigenvalue weighted by Crippen LogP contribution is -2.39. The number of benzene rings is 3. The van der Waals surface area contributed by atoms with Crippen LogP contribution in [0.25, 0.3) is 0 Å². The number of amides is 1. The first-order valence-electron chi connectivity index (χ1n) is 10.8. The number of hydrazone groups is 1. The van der Waals surface area contributed by atoms with Gasteiger partial charge in [0.25, 0.3) is 15.9 Å². The van der Waals surface area contributed by atoms with Crippen molar-refractivity contribution in [2.24, 2.45) is 5.10 Å². The number of nitrogens with zero attached hydrogens (tertiary/aromatic N) is 2. The van der Waals surface area contributed by atoms with E-state index in [0.717, 1.165) is 17.1 Å². The van der Waals surface area contributed by atoms with E-state index in [4.69, 9.17) is 16.3 Å². The summed E-state index contributed by atoms with van der Waals surface area (Å²) >= 11 is 5.96. The number of carbonyl (C=O) groups is 1. The maximum Gasteiger partial charge on any atom is 0.264 e. The number of nitrogens with one attached hydrogen (secondary N) is 1. The molecule has 0 heterocycles. The Hall–Kier alpha value is -3.36. The SMILES string of the molecule is CCCCOc1ccccc1/C=N/NC(=O)CN(c1ccc(Cl)cc1)S(=O)(=O)c1ccccc1. The standard InChI is InChI=1S/C25H26ClN3O4S/c1-2-3-17-33-24-12-8-7-9-20(24)18-27-28-25(30)19-29(22-15-13-21(26)14-16-22)34(31,32)23-10-5-4-6-11-23/h4-16,18H,2-3,17,19H2,1H3,(H,28,30)/b27-18+. The Morgan fingerprint density at radius 3 is 2.41 bits per heavy atom. The molecule has 7 nitrogen and oxygen atoms in total. The smallest absolute Gasteiger partial charge is 0.264 e. The number of unbranched alkanes of at least 4 members (excludes halogenated alkanes) is 1. The molecule has 1 N–H and O–H groups in total. The van der Waals surface area contributed by atoms with Crippen LogP contribution in [-0.2, 0) is 14.8 Å². The first-order chi connectivity index (χ1) is 16.4. The summed E-state index contributed by atoms with van der Waals surface area (Å²) < 4.78 is 33.3. The van der Waals surface area contributed by atoms with Crippen molar-refractivity contribution in [2.75, 3.05) is 17.5 Å². The van der Waals surface area contributed by atoms with Crippen LogP contribution in [0.4, 0.5) is 5.69 Å². The summed E-state index contributed by atoms with van der Waals surface area (Å²) in [4.78, 5) is 12.7. The highest BCUT2D eigenvalue weighted by Gasteiger charge is 2.27. The molecule has 0 aliphatic carbocycles. The van der Waals surface area contributed by atoms with E-state index in [9.17, 15) is 13.2 Å². The van der Waals surface area contributed by atoms with E-state index < -0.39 is 22.5 Å². The Kier molecular flexibility index (Phi) is 9.07. The zero-order valence-electron chi connectivity index (χ0n) is 18.7. The molecule has 0 saturated heterocycles. The van der Waals surface area contributed by atoms with Gasteiger partial charge in [0.1, 0.15) is 12.3 Å². The van der Waals surface area contributed by atoms with Gasteiger partial charge in [-0.05, 0) is 55.0 Å². The Labute approximate surface area is 205 Å². The molecule has 178 valence electrons. The summed E-state index contributed by atoms with van der Waals surface area (Å²) in [5.41, 5.74) is 3.41. The predicted octanol–water partition coefficient (Wildman–Crippen LogP) is 4.86. The fraction of sp³-hybridized carbons (Fsp3) is 0.200. The molecule has 3 aromatic rings. The maximum absolute atomic E-state index is 13.3. The second kappa shape index (κ2) is 12.2. The molecule has 9 heteroatoms. The molecule has 0 aromatic heterocycles. The Morgan fingerprint density at radius 1 is 1.03 bits per heavy atom. The minimum atomic E-state index is -4.00. The van der Waals surface area contributed by atoms with Crippen molar-refractivity contribution in [3.8, 4) is 5.75 Å². The molecule has 0 saturated carbocycles. The first-order valence-corrected chi connectivity index (χ1v) is 12.6. The second-order valence-electron chi connectivity index (χ2n) is 7.33. The normalized spacial score (nSPS) is 11.4. The molecular formula is C25H26ClN3O4S. The second-order valence-corrected chi connectivity index (χ2v) is 9.63. The number of sulfonamides is 1. The van der Waals surface area contributed by atoms with Crippen molar-refractivity contribution in [3.63, 3.8) is 0 Å².